The summed E-state index contributed by atoms with van der Waals surface area (Å²) < 4.78 is 18.0. The molecule has 2 aromatic heterocycles. The van der Waals surface area contributed by atoms with E-state index >= 15 is 0 Å². The lowest BCUT2D eigenvalue weighted by atomic mass is 9.78. The number of halogens is 1. The molecule has 1 aromatic carbocycles. The highest BCUT2D eigenvalue weighted by Gasteiger charge is 2.51. The van der Waals surface area contributed by atoms with Crippen LogP contribution in [0.15, 0.2) is 41.1 Å². The predicted octanol–water partition coefficient (Wildman–Crippen LogP) is 3.84. The summed E-state index contributed by atoms with van der Waals surface area (Å²) in [5.41, 5.74) is 2.13. The molecule has 0 unspecified atom stereocenters. The third-order valence-electron chi connectivity index (χ3n) is 4.94. The van der Waals surface area contributed by atoms with Gasteiger partial charge in [-0.25, -0.2) is 4.98 Å². The van der Waals surface area contributed by atoms with Gasteiger partial charge in [0, 0.05) is 12.3 Å². The van der Waals surface area contributed by atoms with Crippen LogP contribution in [0.25, 0.3) is 22.6 Å². The maximum Gasteiger partial charge on any atom is 0.494 e. The van der Waals surface area contributed by atoms with Crippen molar-refractivity contribution in [1.29, 1.82) is 0 Å². The molecule has 128 valence electrons. The SMILES string of the molecule is CC1(C)OB(c2ccc(Cl)c(-c3nc4cnccc4o3)c2)OC1(C)C. The maximum atomic E-state index is 6.38. The van der Waals surface area contributed by atoms with Crippen LogP contribution in [0.4, 0.5) is 0 Å². The van der Waals surface area contributed by atoms with E-state index < -0.39 is 18.3 Å². The number of nitrogens with zero attached hydrogens (tertiary/aromatic N) is 2. The molecule has 0 bridgehead atoms. The number of oxazole rings is 1. The van der Waals surface area contributed by atoms with Crippen LogP contribution in [0, 0.1) is 0 Å². The molecule has 0 amide bonds. The summed E-state index contributed by atoms with van der Waals surface area (Å²) in [6.45, 7) is 8.10. The molecule has 0 saturated carbocycles. The molecule has 5 nitrogen and oxygen atoms in total. The van der Waals surface area contributed by atoms with E-state index in [9.17, 15) is 0 Å². The van der Waals surface area contributed by atoms with Crippen molar-refractivity contribution in [2.24, 2.45) is 0 Å². The third kappa shape index (κ3) is 2.74. The molecule has 3 aromatic rings. The van der Waals surface area contributed by atoms with Crippen LogP contribution in [0.2, 0.25) is 5.02 Å². The Kier molecular flexibility index (Phi) is 3.69. The molecular weight excluding hydrogens is 338 g/mol. The molecule has 1 aliphatic rings. The van der Waals surface area contributed by atoms with Crippen molar-refractivity contribution in [1.82, 2.24) is 9.97 Å². The van der Waals surface area contributed by atoms with Gasteiger partial charge in [0.1, 0.15) is 5.52 Å². The Morgan fingerprint density at radius 3 is 2.44 bits per heavy atom. The van der Waals surface area contributed by atoms with Gasteiger partial charge in [0.2, 0.25) is 5.89 Å². The number of hydrogen-bond acceptors (Lipinski definition) is 5. The molecule has 0 aliphatic carbocycles. The van der Waals surface area contributed by atoms with E-state index in [1.54, 1.807) is 18.5 Å². The van der Waals surface area contributed by atoms with Gasteiger partial charge >= 0.3 is 7.12 Å². The van der Waals surface area contributed by atoms with Gasteiger partial charge in [0.25, 0.3) is 0 Å². The Labute approximate surface area is 151 Å². The summed E-state index contributed by atoms with van der Waals surface area (Å²) in [5, 5.41) is 0.555. The van der Waals surface area contributed by atoms with Gasteiger partial charge in [-0.05, 0) is 45.3 Å². The van der Waals surface area contributed by atoms with Crippen LogP contribution in [-0.2, 0) is 9.31 Å². The average Bonchev–Trinajstić information content (AvgIpc) is 3.06. The molecule has 0 spiro atoms. The minimum atomic E-state index is -0.466. The zero-order valence-electron chi connectivity index (χ0n) is 14.5. The second kappa shape index (κ2) is 5.56. The number of pyridine rings is 1. The first-order valence-corrected chi connectivity index (χ1v) is 8.51. The largest absolute Gasteiger partial charge is 0.494 e. The van der Waals surface area contributed by atoms with Crippen LogP contribution >= 0.6 is 11.6 Å². The van der Waals surface area contributed by atoms with Crippen molar-refractivity contribution in [3.8, 4) is 11.5 Å². The van der Waals surface area contributed by atoms with Crippen LogP contribution in [-0.4, -0.2) is 28.3 Å². The number of benzene rings is 1. The smallest absolute Gasteiger partial charge is 0.436 e. The van der Waals surface area contributed by atoms with Gasteiger partial charge in [-0.15, -0.1) is 0 Å². The van der Waals surface area contributed by atoms with E-state index in [4.69, 9.17) is 25.3 Å². The minimum Gasteiger partial charge on any atom is -0.436 e. The number of fused-ring (bicyclic) bond motifs is 1. The Bertz CT molecular complexity index is 905. The lowest BCUT2D eigenvalue weighted by molar-refractivity contribution is 0.00578. The standard InChI is InChI=1S/C18H18BClN2O3/c1-17(2)18(3,4)25-19(24-17)11-5-6-13(20)12(9-11)16-22-14-10-21-8-7-15(14)23-16/h5-10H,1-4H3. The minimum absolute atomic E-state index is 0.402. The van der Waals surface area contributed by atoms with Crippen LogP contribution in [0.5, 0.6) is 0 Å². The van der Waals surface area contributed by atoms with Crippen LogP contribution in [0.3, 0.4) is 0 Å². The van der Waals surface area contributed by atoms with Gasteiger partial charge in [-0.3, -0.25) is 4.98 Å². The molecular formula is C18H18BClN2O3. The van der Waals surface area contributed by atoms with Crippen molar-refractivity contribution in [3.05, 3.63) is 41.7 Å². The zero-order valence-corrected chi connectivity index (χ0v) is 15.3. The highest BCUT2D eigenvalue weighted by Crippen LogP contribution is 2.37. The fourth-order valence-corrected chi connectivity index (χ4v) is 2.93. The molecule has 25 heavy (non-hydrogen) atoms. The van der Waals surface area contributed by atoms with E-state index in [1.165, 1.54) is 0 Å². The molecule has 0 radical (unpaired) electrons. The number of aromatic nitrogens is 2. The van der Waals surface area contributed by atoms with E-state index in [2.05, 4.69) is 9.97 Å². The molecule has 3 heterocycles. The van der Waals surface area contributed by atoms with Gasteiger partial charge < -0.3 is 13.7 Å². The quantitative estimate of drug-likeness (QED) is 0.653. The normalized spacial score (nSPS) is 18.8. The summed E-state index contributed by atoms with van der Waals surface area (Å²) in [4.78, 5) is 8.53. The predicted molar refractivity (Wildman–Crippen MR) is 98.0 cm³/mol. The van der Waals surface area contributed by atoms with E-state index in [-0.39, 0.29) is 0 Å². The molecule has 1 saturated heterocycles. The van der Waals surface area contributed by atoms with Gasteiger partial charge in [0.05, 0.1) is 28.0 Å². The summed E-state index contributed by atoms with van der Waals surface area (Å²) >= 11 is 6.38. The first-order chi connectivity index (χ1) is 11.8. The fourth-order valence-electron chi connectivity index (χ4n) is 2.73. The van der Waals surface area contributed by atoms with Crippen molar-refractivity contribution in [3.63, 3.8) is 0 Å². The molecule has 4 rings (SSSR count). The Balaban J connectivity index is 1.75. The van der Waals surface area contributed by atoms with Crippen molar-refractivity contribution < 1.29 is 13.7 Å². The summed E-state index contributed by atoms with van der Waals surface area (Å²) in [7, 11) is -0.466. The molecule has 1 fully saturated rings. The van der Waals surface area contributed by atoms with Crippen molar-refractivity contribution in [2.75, 3.05) is 0 Å². The summed E-state index contributed by atoms with van der Waals surface area (Å²) in [6.07, 6.45) is 3.33. The molecule has 0 N–H and O–H groups in total. The first-order valence-electron chi connectivity index (χ1n) is 8.13. The molecule has 7 heteroatoms. The Hall–Kier alpha value is -1.89. The van der Waals surface area contributed by atoms with Crippen LogP contribution in [0.1, 0.15) is 27.7 Å². The first kappa shape index (κ1) is 16.6. The summed E-state index contributed by atoms with van der Waals surface area (Å²) in [6, 6.07) is 7.39. The fraction of sp³-hybridized carbons (Fsp3) is 0.333. The zero-order chi connectivity index (χ0) is 17.8. The highest BCUT2D eigenvalue weighted by molar-refractivity contribution is 6.62. The second-order valence-electron chi connectivity index (χ2n) is 7.19. The summed E-state index contributed by atoms with van der Waals surface area (Å²) in [5.74, 6) is 0.450. The Morgan fingerprint density at radius 1 is 1.04 bits per heavy atom. The van der Waals surface area contributed by atoms with Crippen LogP contribution < -0.4 is 5.46 Å². The van der Waals surface area contributed by atoms with E-state index in [0.29, 0.717) is 27.6 Å². The number of hydrogen-bond donors (Lipinski definition) is 0. The monoisotopic (exact) mass is 356 g/mol. The average molecular weight is 357 g/mol. The van der Waals surface area contributed by atoms with Gasteiger partial charge in [-0.1, -0.05) is 17.7 Å². The van der Waals surface area contributed by atoms with Gasteiger partial charge in [-0.2, -0.15) is 0 Å². The number of rotatable bonds is 2. The lowest BCUT2D eigenvalue weighted by Crippen LogP contribution is -2.41. The van der Waals surface area contributed by atoms with Crippen molar-refractivity contribution in [2.45, 2.75) is 38.9 Å². The third-order valence-corrected chi connectivity index (χ3v) is 5.27. The van der Waals surface area contributed by atoms with E-state index in [1.807, 2.05) is 45.9 Å². The second-order valence-corrected chi connectivity index (χ2v) is 7.60. The molecule has 0 atom stereocenters. The topological polar surface area (TPSA) is 57.4 Å². The van der Waals surface area contributed by atoms with E-state index in [0.717, 1.165) is 5.46 Å². The molecule has 1 aliphatic heterocycles. The van der Waals surface area contributed by atoms with Crippen molar-refractivity contribution >= 4 is 35.3 Å². The van der Waals surface area contributed by atoms with Gasteiger partial charge in [0.15, 0.2) is 5.58 Å². The highest BCUT2D eigenvalue weighted by atomic mass is 35.5. The lowest BCUT2D eigenvalue weighted by Gasteiger charge is -2.32. The Morgan fingerprint density at radius 2 is 1.76 bits per heavy atom. The maximum absolute atomic E-state index is 6.38.